The van der Waals surface area contributed by atoms with Gasteiger partial charge in [0.05, 0.1) is 10.5 Å². The van der Waals surface area contributed by atoms with Crippen LogP contribution in [0.2, 0.25) is 0 Å². The molecule has 112 valence electrons. The molecule has 0 heterocycles. The molecular weight excluding hydrogens is 280 g/mol. The van der Waals surface area contributed by atoms with E-state index in [9.17, 15) is 13.2 Å². The average molecular weight is 300 g/mol. The summed E-state index contributed by atoms with van der Waals surface area (Å²) in [5.74, 6) is -1.30. The topological polar surface area (TPSA) is 101 Å². The highest BCUT2D eigenvalue weighted by molar-refractivity contribution is 7.89. The van der Waals surface area contributed by atoms with Crippen molar-refractivity contribution in [2.75, 3.05) is 18.8 Å². The molecule has 0 aliphatic carbocycles. The number of anilines is 1. The highest BCUT2D eigenvalue weighted by Gasteiger charge is 2.27. The number of nitrogen functional groups attached to an aromatic ring is 1. The largest absolute Gasteiger partial charge is 0.478 e. The number of sulfonamides is 1. The van der Waals surface area contributed by atoms with Crippen LogP contribution >= 0.6 is 0 Å². The Morgan fingerprint density at radius 3 is 2.50 bits per heavy atom. The molecule has 3 N–H and O–H groups in total. The summed E-state index contributed by atoms with van der Waals surface area (Å²) in [6.45, 7) is 4.36. The third kappa shape index (κ3) is 3.49. The van der Waals surface area contributed by atoms with Crippen LogP contribution in [0.1, 0.15) is 37.0 Å². The molecule has 0 fully saturated rings. The first-order valence-electron chi connectivity index (χ1n) is 6.47. The van der Waals surface area contributed by atoms with Crippen LogP contribution in [0.15, 0.2) is 23.1 Å². The van der Waals surface area contributed by atoms with Gasteiger partial charge in [-0.25, -0.2) is 13.2 Å². The number of aromatic carboxylic acids is 1. The van der Waals surface area contributed by atoms with E-state index in [1.807, 2.05) is 6.92 Å². The van der Waals surface area contributed by atoms with Crippen LogP contribution < -0.4 is 5.73 Å². The van der Waals surface area contributed by atoms with Crippen molar-refractivity contribution in [1.29, 1.82) is 0 Å². The fraction of sp³-hybridized carbons (Fsp3) is 0.462. The molecule has 0 spiro atoms. The van der Waals surface area contributed by atoms with Gasteiger partial charge in [0.2, 0.25) is 10.0 Å². The zero-order valence-electron chi connectivity index (χ0n) is 11.7. The Morgan fingerprint density at radius 1 is 1.35 bits per heavy atom. The predicted octanol–water partition coefficient (Wildman–Crippen LogP) is 1.78. The van der Waals surface area contributed by atoms with E-state index in [0.717, 1.165) is 12.8 Å². The Balaban J connectivity index is 3.30. The van der Waals surface area contributed by atoms with Gasteiger partial charge in [0.25, 0.3) is 0 Å². The Hall–Kier alpha value is -1.60. The zero-order valence-corrected chi connectivity index (χ0v) is 12.5. The van der Waals surface area contributed by atoms with E-state index < -0.39 is 16.0 Å². The summed E-state index contributed by atoms with van der Waals surface area (Å²) in [6, 6.07) is 3.82. The second kappa shape index (κ2) is 6.71. The van der Waals surface area contributed by atoms with Gasteiger partial charge in [-0.1, -0.05) is 20.3 Å². The Kier molecular flexibility index (Phi) is 5.52. The molecule has 20 heavy (non-hydrogen) atoms. The fourth-order valence-corrected chi connectivity index (χ4v) is 3.51. The lowest BCUT2D eigenvalue weighted by atomic mass is 10.2. The minimum Gasteiger partial charge on any atom is -0.478 e. The number of nitrogens with two attached hydrogens (primary N) is 1. The van der Waals surface area contributed by atoms with E-state index in [2.05, 4.69) is 0 Å². The van der Waals surface area contributed by atoms with Gasteiger partial charge in [0.15, 0.2) is 0 Å². The first kappa shape index (κ1) is 16.5. The SMILES string of the molecule is CCCCN(CC)S(=O)(=O)c1ccc(N)cc1C(=O)O. The number of carbonyl (C=O) groups is 1. The summed E-state index contributed by atoms with van der Waals surface area (Å²) in [5.41, 5.74) is 5.45. The molecule has 0 aliphatic heterocycles. The van der Waals surface area contributed by atoms with E-state index in [4.69, 9.17) is 10.8 Å². The van der Waals surface area contributed by atoms with Crippen molar-refractivity contribution in [2.45, 2.75) is 31.6 Å². The van der Waals surface area contributed by atoms with Crippen LogP contribution in [0.25, 0.3) is 0 Å². The molecule has 0 atom stereocenters. The molecule has 0 saturated carbocycles. The van der Waals surface area contributed by atoms with Gasteiger partial charge >= 0.3 is 5.97 Å². The molecule has 0 aliphatic rings. The van der Waals surface area contributed by atoms with Crippen molar-refractivity contribution in [1.82, 2.24) is 4.31 Å². The van der Waals surface area contributed by atoms with Crippen molar-refractivity contribution in [3.05, 3.63) is 23.8 Å². The molecule has 1 aromatic carbocycles. The summed E-state index contributed by atoms with van der Waals surface area (Å²) < 4.78 is 26.3. The van der Waals surface area contributed by atoms with Crippen molar-refractivity contribution >= 4 is 21.7 Å². The highest BCUT2D eigenvalue weighted by atomic mass is 32.2. The minimum absolute atomic E-state index is 0.211. The number of hydrogen-bond donors (Lipinski definition) is 2. The van der Waals surface area contributed by atoms with Gasteiger partial charge < -0.3 is 10.8 Å². The number of unbranched alkanes of at least 4 members (excludes halogenated alkanes) is 1. The molecule has 6 nitrogen and oxygen atoms in total. The van der Waals surface area contributed by atoms with Crippen LogP contribution in [0.4, 0.5) is 5.69 Å². The average Bonchev–Trinajstić information content (AvgIpc) is 2.38. The van der Waals surface area contributed by atoms with E-state index >= 15 is 0 Å². The van der Waals surface area contributed by atoms with E-state index in [-0.39, 0.29) is 16.1 Å². The molecule has 0 unspecified atom stereocenters. The van der Waals surface area contributed by atoms with Gasteiger partial charge in [0, 0.05) is 18.8 Å². The maximum Gasteiger partial charge on any atom is 0.337 e. The fourth-order valence-electron chi connectivity index (χ4n) is 1.86. The zero-order chi connectivity index (χ0) is 15.3. The summed E-state index contributed by atoms with van der Waals surface area (Å²) in [6.07, 6.45) is 1.59. The van der Waals surface area contributed by atoms with Gasteiger partial charge in [-0.3, -0.25) is 0 Å². The minimum atomic E-state index is -3.82. The summed E-state index contributed by atoms with van der Waals surface area (Å²) >= 11 is 0. The number of carboxylic acids is 1. The van der Waals surface area contributed by atoms with Crippen LogP contribution in [0, 0.1) is 0 Å². The smallest absolute Gasteiger partial charge is 0.337 e. The summed E-state index contributed by atoms with van der Waals surface area (Å²) in [7, 11) is -3.82. The lowest BCUT2D eigenvalue weighted by molar-refractivity contribution is 0.0692. The Labute approximate surface area is 119 Å². The molecule has 1 aromatic rings. The number of nitrogens with zero attached hydrogens (tertiary/aromatic N) is 1. The van der Waals surface area contributed by atoms with Crippen molar-refractivity contribution in [3.8, 4) is 0 Å². The maximum atomic E-state index is 12.5. The predicted molar refractivity (Wildman–Crippen MR) is 77.2 cm³/mol. The Morgan fingerprint density at radius 2 is 2.00 bits per heavy atom. The molecule has 0 bridgehead atoms. The molecule has 0 aromatic heterocycles. The first-order valence-corrected chi connectivity index (χ1v) is 7.91. The lowest BCUT2D eigenvalue weighted by Crippen LogP contribution is -2.32. The van der Waals surface area contributed by atoms with Crippen LogP contribution in [0.3, 0.4) is 0 Å². The number of benzene rings is 1. The maximum absolute atomic E-state index is 12.5. The monoisotopic (exact) mass is 300 g/mol. The molecular formula is C13H20N2O4S. The normalized spacial score (nSPS) is 11.8. The van der Waals surface area contributed by atoms with Crippen LogP contribution in [-0.4, -0.2) is 36.9 Å². The van der Waals surface area contributed by atoms with E-state index in [1.165, 1.54) is 22.5 Å². The molecule has 0 saturated heterocycles. The molecule has 0 amide bonds. The summed E-state index contributed by atoms with van der Waals surface area (Å²) in [4.78, 5) is 11.0. The Bertz CT molecular complexity index is 584. The lowest BCUT2D eigenvalue weighted by Gasteiger charge is -2.21. The van der Waals surface area contributed by atoms with Crippen molar-refractivity contribution in [2.24, 2.45) is 0 Å². The van der Waals surface area contributed by atoms with Gasteiger partial charge in [-0.2, -0.15) is 4.31 Å². The van der Waals surface area contributed by atoms with Crippen molar-refractivity contribution in [3.63, 3.8) is 0 Å². The molecule has 7 heteroatoms. The third-order valence-electron chi connectivity index (χ3n) is 2.97. The van der Waals surface area contributed by atoms with Gasteiger partial charge in [-0.15, -0.1) is 0 Å². The first-order chi connectivity index (χ1) is 9.34. The summed E-state index contributed by atoms with van der Waals surface area (Å²) in [5, 5.41) is 9.15. The second-order valence-electron chi connectivity index (χ2n) is 4.41. The van der Waals surface area contributed by atoms with Crippen LogP contribution in [-0.2, 0) is 10.0 Å². The van der Waals surface area contributed by atoms with E-state index in [1.54, 1.807) is 6.92 Å². The van der Waals surface area contributed by atoms with Gasteiger partial charge in [0.1, 0.15) is 0 Å². The van der Waals surface area contributed by atoms with Gasteiger partial charge in [-0.05, 0) is 24.6 Å². The molecule has 0 radical (unpaired) electrons. The quantitative estimate of drug-likeness (QED) is 0.747. The standard InChI is InChI=1S/C13H20N2O4S/c1-3-5-8-15(4-2)20(18,19)12-7-6-10(14)9-11(12)13(16)17/h6-7,9H,3-5,8,14H2,1-2H3,(H,16,17). The third-order valence-corrected chi connectivity index (χ3v) is 5.00. The second-order valence-corrected chi connectivity index (χ2v) is 6.32. The van der Waals surface area contributed by atoms with E-state index in [0.29, 0.717) is 13.1 Å². The highest BCUT2D eigenvalue weighted by Crippen LogP contribution is 2.23. The number of carboxylic acid groups (broad SMARTS) is 1. The molecule has 1 rings (SSSR count). The number of rotatable bonds is 7. The van der Waals surface area contributed by atoms with Crippen molar-refractivity contribution < 1.29 is 18.3 Å². The number of hydrogen-bond acceptors (Lipinski definition) is 4. The van der Waals surface area contributed by atoms with Crippen LogP contribution in [0.5, 0.6) is 0 Å².